The third-order valence-corrected chi connectivity index (χ3v) is 5.65. The molecule has 1 unspecified atom stereocenters. The molecule has 0 amide bonds. The van der Waals surface area contributed by atoms with Gasteiger partial charge in [0.25, 0.3) is 0 Å². The molecule has 2 aliphatic carbocycles. The molecular formula is C22H23NO2. The Balaban J connectivity index is 1.87. The first kappa shape index (κ1) is 15.9. The van der Waals surface area contributed by atoms with Crippen LogP contribution in [0.3, 0.4) is 0 Å². The number of nitrogens with zero attached hydrogens (tertiary/aromatic N) is 1. The van der Waals surface area contributed by atoms with Crippen molar-refractivity contribution in [3.63, 3.8) is 0 Å². The van der Waals surface area contributed by atoms with E-state index in [1.165, 1.54) is 27.8 Å². The van der Waals surface area contributed by atoms with Crippen LogP contribution in [0.1, 0.15) is 36.5 Å². The van der Waals surface area contributed by atoms with Crippen LogP contribution < -0.4 is 0 Å². The van der Waals surface area contributed by atoms with Gasteiger partial charge < -0.3 is 9.94 Å². The van der Waals surface area contributed by atoms with Gasteiger partial charge in [-0.15, -0.1) is 0 Å². The van der Waals surface area contributed by atoms with Gasteiger partial charge in [0.2, 0.25) is 0 Å². The fourth-order valence-corrected chi connectivity index (χ4v) is 4.66. The van der Waals surface area contributed by atoms with Crippen molar-refractivity contribution in [2.45, 2.75) is 32.6 Å². The van der Waals surface area contributed by atoms with E-state index in [0.29, 0.717) is 5.75 Å². The fourth-order valence-electron chi connectivity index (χ4n) is 4.66. The van der Waals surface area contributed by atoms with Crippen LogP contribution in [0.25, 0.3) is 5.57 Å². The second-order valence-corrected chi connectivity index (χ2v) is 7.18. The molecule has 2 aromatic rings. The monoisotopic (exact) mass is 333 g/mol. The number of oxime groups is 1. The number of phenols is 1. The van der Waals surface area contributed by atoms with Crippen LogP contribution in [-0.2, 0) is 17.7 Å². The molecule has 1 N–H and O–H groups in total. The number of allylic oxidation sites excluding steroid dienone is 2. The van der Waals surface area contributed by atoms with Gasteiger partial charge in [-0.05, 0) is 72.6 Å². The molecule has 0 radical (unpaired) electrons. The Morgan fingerprint density at radius 3 is 2.72 bits per heavy atom. The van der Waals surface area contributed by atoms with E-state index in [2.05, 4.69) is 48.5 Å². The van der Waals surface area contributed by atoms with Crippen molar-refractivity contribution in [3.05, 3.63) is 70.8 Å². The molecule has 0 saturated heterocycles. The van der Waals surface area contributed by atoms with Gasteiger partial charge in [-0.2, -0.15) is 0 Å². The Morgan fingerprint density at radius 2 is 1.96 bits per heavy atom. The van der Waals surface area contributed by atoms with Crippen molar-refractivity contribution in [1.82, 2.24) is 0 Å². The molecule has 2 aromatic carbocycles. The predicted octanol–water partition coefficient (Wildman–Crippen LogP) is 4.75. The van der Waals surface area contributed by atoms with Gasteiger partial charge in [0.1, 0.15) is 12.9 Å². The fraction of sp³-hybridized carbons (Fsp3) is 0.318. The first-order chi connectivity index (χ1) is 12.1. The quantitative estimate of drug-likeness (QED) is 0.824. The van der Waals surface area contributed by atoms with E-state index in [1.807, 2.05) is 6.07 Å². The Kier molecular flexibility index (Phi) is 3.87. The van der Waals surface area contributed by atoms with E-state index in [-0.39, 0.29) is 5.41 Å². The van der Waals surface area contributed by atoms with Gasteiger partial charge in [0.05, 0.1) is 5.71 Å². The predicted molar refractivity (Wildman–Crippen MR) is 101 cm³/mol. The summed E-state index contributed by atoms with van der Waals surface area (Å²) in [6.07, 6.45) is 3.96. The van der Waals surface area contributed by atoms with Crippen LogP contribution >= 0.6 is 0 Å². The SMILES string of the molecule is CON=C1CCC2(Cc3ccccc3)Cc3cc(O)ccc3C2=C1C. The summed E-state index contributed by atoms with van der Waals surface area (Å²) in [5, 5.41) is 14.2. The molecule has 3 nitrogen and oxygen atoms in total. The molecule has 128 valence electrons. The summed E-state index contributed by atoms with van der Waals surface area (Å²) in [6, 6.07) is 16.5. The zero-order valence-electron chi connectivity index (χ0n) is 14.7. The minimum absolute atomic E-state index is 0.0777. The van der Waals surface area contributed by atoms with Crippen LogP contribution in [0.5, 0.6) is 5.75 Å². The molecule has 0 aromatic heterocycles. The van der Waals surface area contributed by atoms with Gasteiger partial charge in [-0.1, -0.05) is 41.6 Å². The Morgan fingerprint density at radius 1 is 1.16 bits per heavy atom. The largest absolute Gasteiger partial charge is 0.508 e. The standard InChI is InChI=1S/C22H23NO2/c1-15-20(23-25-2)10-11-22(13-16-6-4-3-5-7-16)14-17-12-18(24)8-9-19(17)21(15)22/h3-9,12,24H,10-11,13-14H2,1-2H3. The number of hydrogen-bond acceptors (Lipinski definition) is 3. The van der Waals surface area contributed by atoms with Gasteiger partial charge >= 0.3 is 0 Å². The first-order valence-electron chi connectivity index (χ1n) is 8.81. The molecule has 0 heterocycles. The van der Waals surface area contributed by atoms with Crippen molar-refractivity contribution in [1.29, 1.82) is 0 Å². The lowest BCUT2D eigenvalue weighted by molar-refractivity contribution is 0.211. The number of rotatable bonds is 3. The Labute approximate surface area is 148 Å². The highest BCUT2D eigenvalue weighted by atomic mass is 16.6. The maximum atomic E-state index is 9.95. The van der Waals surface area contributed by atoms with Crippen LogP contribution in [0.2, 0.25) is 0 Å². The van der Waals surface area contributed by atoms with E-state index >= 15 is 0 Å². The summed E-state index contributed by atoms with van der Waals surface area (Å²) in [5.74, 6) is 0.344. The molecule has 25 heavy (non-hydrogen) atoms. The minimum atomic E-state index is 0.0777. The molecule has 3 heteroatoms. The van der Waals surface area contributed by atoms with Crippen LogP contribution in [0.4, 0.5) is 0 Å². The molecule has 0 spiro atoms. The van der Waals surface area contributed by atoms with Crippen molar-refractivity contribution in [2.24, 2.45) is 10.6 Å². The molecule has 2 aliphatic rings. The van der Waals surface area contributed by atoms with E-state index in [0.717, 1.165) is 31.4 Å². The van der Waals surface area contributed by atoms with Crippen LogP contribution in [-0.4, -0.2) is 17.9 Å². The van der Waals surface area contributed by atoms with Gasteiger partial charge in [-0.3, -0.25) is 0 Å². The summed E-state index contributed by atoms with van der Waals surface area (Å²) >= 11 is 0. The van der Waals surface area contributed by atoms with Crippen molar-refractivity contribution in [2.75, 3.05) is 7.11 Å². The molecule has 0 fully saturated rings. The lowest BCUT2D eigenvalue weighted by Gasteiger charge is -2.37. The molecule has 4 rings (SSSR count). The normalized spacial score (nSPS) is 23.5. The van der Waals surface area contributed by atoms with Gasteiger partial charge in [0, 0.05) is 5.41 Å². The zero-order valence-corrected chi connectivity index (χ0v) is 14.7. The highest BCUT2D eigenvalue weighted by molar-refractivity contribution is 6.09. The lowest BCUT2D eigenvalue weighted by Crippen LogP contribution is -2.30. The molecule has 1 atom stereocenters. The summed E-state index contributed by atoms with van der Waals surface area (Å²) in [4.78, 5) is 5.07. The minimum Gasteiger partial charge on any atom is -0.508 e. The second kappa shape index (κ2) is 6.07. The van der Waals surface area contributed by atoms with Crippen molar-refractivity contribution >= 4 is 11.3 Å². The number of benzene rings is 2. The molecule has 0 saturated carbocycles. The number of phenolic OH excluding ortho intramolecular Hbond substituents is 1. The molecule has 0 bridgehead atoms. The average molecular weight is 333 g/mol. The average Bonchev–Trinajstić information content (AvgIpc) is 2.92. The number of aromatic hydroxyl groups is 1. The van der Waals surface area contributed by atoms with E-state index in [9.17, 15) is 5.11 Å². The van der Waals surface area contributed by atoms with E-state index in [4.69, 9.17) is 4.84 Å². The van der Waals surface area contributed by atoms with Crippen LogP contribution in [0.15, 0.2) is 59.3 Å². The highest BCUT2D eigenvalue weighted by Crippen LogP contribution is 2.55. The molecule has 0 aliphatic heterocycles. The Bertz CT molecular complexity index is 867. The molecular weight excluding hydrogens is 310 g/mol. The zero-order chi connectivity index (χ0) is 17.4. The summed E-state index contributed by atoms with van der Waals surface area (Å²) in [6.45, 7) is 2.16. The Hall–Kier alpha value is -2.55. The lowest BCUT2D eigenvalue weighted by atomic mass is 9.67. The number of fused-ring (bicyclic) bond motifs is 3. The smallest absolute Gasteiger partial charge is 0.115 e. The third kappa shape index (κ3) is 2.64. The maximum absolute atomic E-state index is 9.95. The maximum Gasteiger partial charge on any atom is 0.115 e. The summed E-state index contributed by atoms with van der Waals surface area (Å²) < 4.78 is 0. The number of hydrogen-bond donors (Lipinski definition) is 1. The summed E-state index contributed by atoms with van der Waals surface area (Å²) in [5.41, 5.74) is 7.59. The van der Waals surface area contributed by atoms with Gasteiger partial charge in [0.15, 0.2) is 0 Å². The van der Waals surface area contributed by atoms with Crippen LogP contribution in [0, 0.1) is 5.41 Å². The first-order valence-corrected chi connectivity index (χ1v) is 8.81. The summed E-state index contributed by atoms with van der Waals surface area (Å²) in [7, 11) is 1.61. The second-order valence-electron chi connectivity index (χ2n) is 7.18. The highest BCUT2D eigenvalue weighted by Gasteiger charge is 2.45. The van der Waals surface area contributed by atoms with E-state index < -0.39 is 0 Å². The van der Waals surface area contributed by atoms with Crippen molar-refractivity contribution < 1.29 is 9.94 Å². The van der Waals surface area contributed by atoms with Gasteiger partial charge in [-0.25, -0.2) is 0 Å². The third-order valence-electron chi connectivity index (χ3n) is 5.65. The topological polar surface area (TPSA) is 41.8 Å². The van der Waals surface area contributed by atoms with Crippen molar-refractivity contribution in [3.8, 4) is 5.75 Å². The van der Waals surface area contributed by atoms with E-state index in [1.54, 1.807) is 13.2 Å².